The van der Waals surface area contributed by atoms with E-state index in [4.69, 9.17) is 11.6 Å². The van der Waals surface area contributed by atoms with E-state index in [9.17, 15) is 4.79 Å². The zero-order valence-electron chi connectivity index (χ0n) is 6.80. The Morgan fingerprint density at radius 1 is 1.50 bits per heavy atom. The maximum Gasteiger partial charge on any atom is 0.226 e. The first-order valence-electron chi connectivity index (χ1n) is 3.68. The molecule has 12 heavy (non-hydrogen) atoms. The van der Waals surface area contributed by atoms with Crippen LogP contribution in [0.15, 0.2) is 24.3 Å². The molecule has 0 fully saturated rings. The van der Waals surface area contributed by atoms with Crippen LogP contribution in [-0.4, -0.2) is 12.3 Å². The van der Waals surface area contributed by atoms with Gasteiger partial charge in [-0.3, -0.25) is 4.79 Å². The molecule has 0 radical (unpaired) electrons. The average Bonchev–Trinajstić information content (AvgIpc) is 2.04. The number of para-hydroxylation sites is 1. The van der Waals surface area contributed by atoms with Crippen molar-refractivity contribution >= 4 is 22.5 Å². The Kier molecular flexibility index (Phi) is 3.11. The Morgan fingerprint density at radius 3 is 2.75 bits per heavy atom. The fourth-order valence-electron chi connectivity index (χ4n) is 1.07. The number of benzene rings is 1. The van der Waals surface area contributed by atoms with E-state index in [0.717, 1.165) is 11.3 Å². The van der Waals surface area contributed by atoms with Gasteiger partial charge >= 0.3 is 0 Å². The predicted octanol–water partition coefficient (Wildman–Crippen LogP) is 2.04. The molecule has 1 aromatic rings. The average molecular weight is 184 g/mol. The summed E-state index contributed by atoms with van der Waals surface area (Å²) >= 11 is 5.27. The monoisotopic (exact) mass is 183 g/mol. The Bertz CT molecular complexity index is 286. The van der Waals surface area contributed by atoms with Crippen LogP contribution >= 0.6 is 11.6 Å². The molecule has 0 unspecified atom stereocenters. The highest BCUT2D eigenvalue weighted by molar-refractivity contribution is 6.63. The Morgan fingerprint density at radius 2 is 2.17 bits per heavy atom. The van der Waals surface area contributed by atoms with Gasteiger partial charge in [-0.1, -0.05) is 18.2 Å². The number of nitrogens with one attached hydrogen (secondary N) is 1. The number of carbonyl (C=O) groups is 1. The zero-order valence-corrected chi connectivity index (χ0v) is 7.56. The Hall–Kier alpha value is -1.02. The second-order valence-corrected chi connectivity index (χ2v) is 2.86. The smallest absolute Gasteiger partial charge is 0.226 e. The summed E-state index contributed by atoms with van der Waals surface area (Å²) in [6.45, 7) is 0. The van der Waals surface area contributed by atoms with Gasteiger partial charge in [0.05, 0.1) is 0 Å². The molecule has 0 spiro atoms. The zero-order chi connectivity index (χ0) is 8.97. The highest BCUT2D eigenvalue weighted by atomic mass is 35.5. The summed E-state index contributed by atoms with van der Waals surface area (Å²) in [5.41, 5.74) is 1.88. The third-order valence-electron chi connectivity index (χ3n) is 1.62. The van der Waals surface area contributed by atoms with Gasteiger partial charge in [-0.2, -0.15) is 0 Å². The molecule has 0 saturated carbocycles. The van der Waals surface area contributed by atoms with E-state index in [0.29, 0.717) is 0 Å². The maximum absolute atomic E-state index is 10.6. The van der Waals surface area contributed by atoms with Gasteiger partial charge in [-0.25, -0.2) is 0 Å². The molecule has 0 bridgehead atoms. The highest BCUT2D eigenvalue weighted by Crippen LogP contribution is 2.15. The molecule has 1 N–H and O–H groups in total. The number of rotatable bonds is 3. The van der Waals surface area contributed by atoms with Crippen LogP contribution < -0.4 is 5.32 Å². The fraction of sp³-hybridized carbons (Fsp3) is 0.222. The van der Waals surface area contributed by atoms with Gasteiger partial charge < -0.3 is 5.32 Å². The summed E-state index contributed by atoms with van der Waals surface area (Å²) in [4.78, 5) is 10.6. The molecule has 2 nitrogen and oxygen atoms in total. The lowest BCUT2D eigenvalue weighted by Crippen LogP contribution is -1.99. The van der Waals surface area contributed by atoms with Crippen molar-refractivity contribution < 1.29 is 4.79 Å². The summed E-state index contributed by atoms with van der Waals surface area (Å²) in [5, 5.41) is 2.65. The van der Waals surface area contributed by atoms with Gasteiger partial charge in [0.1, 0.15) is 0 Å². The lowest BCUT2D eigenvalue weighted by Gasteiger charge is -2.05. The van der Waals surface area contributed by atoms with Crippen LogP contribution in [0.3, 0.4) is 0 Å². The molecule has 1 aromatic carbocycles. The fourth-order valence-corrected chi connectivity index (χ4v) is 1.21. The van der Waals surface area contributed by atoms with Crippen LogP contribution in [0.5, 0.6) is 0 Å². The van der Waals surface area contributed by atoms with Crippen molar-refractivity contribution in [2.75, 3.05) is 12.4 Å². The van der Waals surface area contributed by atoms with Crippen LogP contribution in [0.1, 0.15) is 5.56 Å². The van der Waals surface area contributed by atoms with Gasteiger partial charge in [-0.05, 0) is 23.2 Å². The van der Waals surface area contributed by atoms with Crippen molar-refractivity contribution in [3.63, 3.8) is 0 Å². The first kappa shape index (κ1) is 9.07. The summed E-state index contributed by atoms with van der Waals surface area (Å²) in [7, 11) is 1.82. The van der Waals surface area contributed by atoms with Gasteiger partial charge in [0.2, 0.25) is 5.24 Å². The molecule has 0 aliphatic rings. The third kappa shape index (κ3) is 2.24. The van der Waals surface area contributed by atoms with Crippen LogP contribution in [0.4, 0.5) is 5.69 Å². The second-order valence-electron chi connectivity index (χ2n) is 2.44. The molecule has 64 valence electrons. The van der Waals surface area contributed by atoms with E-state index < -0.39 is 0 Å². The molecule has 0 amide bonds. The van der Waals surface area contributed by atoms with Crippen molar-refractivity contribution in [2.45, 2.75) is 6.42 Å². The standard InChI is InChI=1S/C9H10ClNO/c1-11-8-5-3-2-4-7(8)6-9(10)12/h2-5,11H,6H2,1H3. The number of carbonyl (C=O) groups excluding carboxylic acids is 1. The quantitative estimate of drug-likeness (QED) is 0.727. The van der Waals surface area contributed by atoms with Crippen LogP contribution in [0.25, 0.3) is 0 Å². The van der Waals surface area contributed by atoms with Crippen molar-refractivity contribution in [1.29, 1.82) is 0 Å². The van der Waals surface area contributed by atoms with E-state index in [-0.39, 0.29) is 11.7 Å². The largest absolute Gasteiger partial charge is 0.388 e. The highest BCUT2D eigenvalue weighted by Gasteiger charge is 2.02. The van der Waals surface area contributed by atoms with Gasteiger partial charge in [0, 0.05) is 19.2 Å². The molecule has 0 aliphatic heterocycles. The molecular formula is C9H10ClNO. The van der Waals surface area contributed by atoms with Crippen molar-refractivity contribution in [3.8, 4) is 0 Å². The number of hydrogen-bond acceptors (Lipinski definition) is 2. The SMILES string of the molecule is CNc1ccccc1CC(=O)Cl. The van der Waals surface area contributed by atoms with Gasteiger partial charge in [0.25, 0.3) is 0 Å². The molecule has 0 heterocycles. The lowest BCUT2D eigenvalue weighted by atomic mass is 10.1. The summed E-state index contributed by atoms with van der Waals surface area (Å²) in [6.07, 6.45) is 0.276. The molecule has 0 aliphatic carbocycles. The Labute approximate surface area is 76.5 Å². The van der Waals surface area contributed by atoms with Crippen LogP contribution in [-0.2, 0) is 11.2 Å². The second kappa shape index (κ2) is 4.12. The van der Waals surface area contributed by atoms with E-state index in [1.54, 1.807) is 0 Å². The first-order valence-corrected chi connectivity index (χ1v) is 4.06. The van der Waals surface area contributed by atoms with E-state index in [1.165, 1.54) is 0 Å². The molecule has 0 aromatic heterocycles. The number of anilines is 1. The molecule has 1 rings (SSSR count). The normalized spacial score (nSPS) is 9.50. The molecule has 0 atom stereocenters. The maximum atomic E-state index is 10.6. The van der Waals surface area contributed by atoms with Gasteiger partial charge in [-0.15, -0.1) is 0 Å². The minimum atomic E-state index is -0.335. The third-order valence-corrected chi connectivity index (χ3v) is 1.75. The van der Waals surface area contributed by atoms with E-state index >= 15 is 0 Å². The molecule has 0 saturated heterocycles. The van der Waals surface area contributed by atoms with Crippen molar-refractivity contribution in [2.24, 2.45) is 0 Å². The minimum Gasteiger partial charge on any atom is -0.388 e. The summed E-state index contributed by atoms with van der Waals surface area (Å²) in [6, 6.07) is 7.59. The lowest BCUT2D eigenvalue weighted by molar-refractivity contribution is -0.111. The first-order chi connectivity index (χ1) is 5.74. The number of hydrogen-bond donors (Lipinski definition) is 1. The molecule has 3 heteroatoms. The Balaban J connectivity index is 2.89. The van der Waals surface area contributed by atoms with E-state index in [1.807, 2.05) is 31.3 Å². The topological polar surface area (TPSA) is 29.1 Å². The van der Waals surface area contributed by atoms with Crippen molar-refractivity contribution in [3.05, 3.63) is 29.8 Å². The minimum absolute atomic E-state index is 0.276. The van der Waals surface area contributed by atoms with Crippen LogP contribution in [0, 0.1) is 0 Å². The van der Waals surface area contributed by atoms with Crippen molar-refractivity contribution in [1.82, 2.24) is 0 Å². The van der Waals surface area contributed by atoms with E-state index in [2.05, 4.69) is 5.32 Å². The van der Waals surface area contributed by atoms with Gasteiger partial charge in [0.15, 0.2) is 0 Å². The number of halogens is 1. The summed E-state index contributed by atoms with van der Waals surface area (Å²) < 4.78 is 0. The predicted molar refractivity (Wildman–Crippen MR) is 50.6 cm³/mol. The molecular weight excluding hydrogens is 174 g/mol. The summed E-state index contributed by atoms with van der Waals surface area (Å²) in [5.74, 6) is 0. The van der Waals surface area contributed by atoms with Crippen LogP contribution in [0.2, 0.25) is 0 Å².